The zero-order chi connectivity index (χ0) is 19.6. The van der Waals surface area contributed by atoms with E-state index in [0.29, 0.717) is 6.54 Å². The monoisotopic (exact) mass is 382 g/mol. The molecule has 1 aromatic carbocycles. The zero-order valence-corrected chi connectivity index (χ0v) is 15.0. The fourth-order valence-electron chi connectivity index (χ4n) is 2.99. The van der Waals surface area contributed by atoms with E-state index in [1.54, 1.807) is 13.8 Å². The largest absolute Gasteiger partial charge is 0.491 e. The Bertz CT molecular complexity index is 830. The van der Waals surface area contributed by atoms with Gasteiger partial charge in [-0.15, -0.1) is 0 Å². The number of ether oxygens (including phenoxy) is 1. The fourth-order valence-corrected chi connectivity index (χ4v) is 2.99. The van der Waals surface area contributed by atoms with E-state index in [1.807, 2.05) is 0 Å². The summed E-state index contributed by atoms with van der Waals surface area (Å²) in [5, 5.41) is 12.5. The van der Waals surface area contributed by atoms with Gasteiger partial charge in [0.05, 0.1) is 11.7 Å². The van der Waals surface area contributed by atoms with Gasteiger partial charge in [0.1, 0.15) is 5.75 Å². The SMILES string of the molecule is CC(C)Oc1ccc(CNC(=O)c2n[nH]c3c2CNCC3)c(C(F)(F)F)c1. The summed E-state index contributed by atoms with van der Waals surface area (Å²) in [5.74, 6) is -0.369. The molecule has 0 saturated heterocycles. The summed E-state index contributed by atoms with van der Waals surface area (Å²) in [6, 6.07) is 3.75. The van der Waals surface area contributed by atoms with E-state index >= 15 is 0 Å². The average Bonchev–Trinajstić information content (AvgIpc) is 3.03. The number of hydrogen-bond acceptors (Lipinski definition) is 4. The number of rotatable bonds is 5. The van der Waals surface area contributed by atoms with Crippen molar-refractivity contribution in [1.82, 2.24) is 20.8 Å². The standard InChI is InChI=1S/C18H21F3N4O2/c1-10(2)27-12-4-3-11(14(7-12)18(19,20)21)8-23-17(26)16-13-9-22-6-5-15(13)24-25-16/h3-4,7,10,22H,5-6,8-9H2,1-2H3,(H,23,26)(H,24,25). The molecular formula is C18H21F3N4O2. The number of hydrogen-bond donors (Lipinski definition) is 3. The number of H-pyrrole nitrogens is 1. The molecule has 0 atom stereocenters. The maximum atomic E-state index is 13.4. The van der Waals surface area contributed by atoms with E-state index < -0.39 is 17.6 Å². The molecule has 3 rings (SSSR count). The number of nitrogens with zero attached hydrogens (tertiary/aromatic N) is 1. The second-order valence-corrected chi connectivity index (χ2v) is 6.62. The van der Waals surface area contributed by atoms with Gasteiger partial charge in [-0.05, 0) is 31.5 Å². The van der Waals surface area contributed by atoms with Crippen molar-refractivity contribution in [2.75, 3.05) is 6.54 Å². The van der Waals surface area contributed by atoms with Gasteiger partial charge in [-0.3, -0.25) is 9.89 Å². The summed E-state index contributed by atoms with van der Waals surface area (Å²) in [6.45, 7) is 4.51. The van der Waals surface area contributed by atoms with Crippen LogP contribution in [0.25, 0.3) is 0 Å². The van der Waals surface area contributed by atoms with E-state index in [2.05, 4.69) is 20.8 Å². The van der Waals surface area contributed by atoms with Crippen LogP contribution in [-0.4, -0.2) is 28.8 Å². The Hall–Kier alpha value is -2.55. The third-order valence-electron chi connectivity index (χ3n) is 4.22. The van der Waals surface area contributed by atoms with Crippen molar-refractivity contribution in [3.8, 4) is 5.75 Å². The number of aromatic amines is 1. The Kier molecular flexibility index (Phi) is 5.41. The average molecular weight is 382 g/mol. The highest BCUT2D eigenvalue weighted by atomic mass is 19.4. The van der Waals surface area contributed by atoms with Crippen molar-refractivity contribution in [2.24, 2.45) is 0 Å². The van der Waals surface area contributed by atoms with Crippen molar-refractivity contribution in [1.29, 1.82) is 0 Å². The van der Waals surface area contributed by atoms with Gasteiger partial charge in [-0.25, -0.2) is 0 Å². The van der Waals surface area contributed by atoms with Gasteiger partial charge in [0.15, 0.2) is 5.69 Å². The Morgan fingerprint density at radius 1 is 1.37 bits per heavy atom. The first-order chi connectivity index (χ1) is 12.8. The van der Waals surface area contributed by atoms with E-state index in [9.17, 15) is 18.0 Å². The fraction of sp³-hybridized carbons (Fsp3) is 0.444. The summed E-state index contributed by atoms with van der Waals surface area (Å²) >= 11 is 0. The van der Waals surface area contributed by atoms with Crippen molar-refractivity contribution >= 4 is 5.91 Å². The van der Waals surface area contributed by atoms with E-state index in [0.717, 1.165) is 30.3 Å². The molecular weight excluding hydrogens is 361 g/mol. The Balaban J connectivity index is 1.77. The van der Waals surface area contributed by atoms with Crippen molar-refractivity contribution < 1.29 is 22.7 Å². The van der Waals surface area contributed by atoms with Gasteiger partial charge in [0.2, 0.25) is 0 Å². The predicted octanol–water partition coefficient (Wildman–Crippen LogP) is 2.79. The molecule has 1 aromatic heterocycles. The maximum absolute atomic E-state index is 13.4. The van der Waals surface area contributed by atoms with Gasteiger partial charge in [-0.2, -0.15) is 18.3 Å². The molecule has 27 heavy (non-hydrogen) atoms. The normalized spacial score (nSPS) is 14.1. The van der Waals surface area contributed by atoms with Crippen molar-refractivity contribution in [2.45, 2.75) is 45.6 Å². The smallest absolute Gasteiger partial charge is 0.416 e. The first kappa shape index (κ1) is 19.2. The van der Waals surface area contributed by atoms with Crippen LogP contribution in [-0.2, 0) is 25.7 Å². The van der Waals surface area contributed by atoms with Crippen LogP contribution >= 0.6 is 0 Å². The summed E-state index contributed by atoms with van der Waals surface area (Å²) in [6.07, 6.45) is -4.06. The molecule has 3 N–H and O–H groups in total. The minimum absolute atomic E-state index is 0.0329. The molecule has 0 bridgehead atoms. The van der Waals surface area contributed by atoms with Crippen LogP contribution in [0.2, 0.25) is 0 Å². The molecule has 1 aliphatic heterocycles. The van der Waals surface area contributed by atoms with E-state index in [1.165, 1.54) is 12.1 Å². The van der Waals surface area contributed by atoms with E-state index in [4.69, 9.17) is 4.74 Å². The minimum Gasteiger partial charge on any atom is -0.491 e. The van der Waals surface area contributed by atoms with Crippen LogP contribution in [0.3, 0.4) is 0 Å². The number of carbonyl (C=O) groups is 1. The molecule has 0 fully saturated rings. The summed E-state index contributed by atoms with van der Waals surface area (Å²) in [5.41, 5.74) is 0.993. The van der Waals surface area contributed by atoms with Crippen LogP contribution < -0.4 is 15.4 Å². The molecule has 0 aliphatic carbocycles. The summed E-state index contributed by atoms with van der Waals surface area (Å²) in [7, 11) is 0. The van der Waals surface area contributed by atoms with Gasteiger partial charge in [-0.1, -0.05) is 6.07 Å². The lowest BCUT2D eigenvalue weighted by Gasteiger charge is -2.17. The summed E-state index contributed by atoms with van der Waals surface area (Å²) < 4.78 is 45.5. The maximum Gasteiger partial charge on any atom is 0.416 e. The molecule has 9 heteroatoms. The first-order valence-electron chi connectivity index (χ1n) is 8.67. The number of halogens is 3. The third-order valence-corrected chi connectivity index (χ3v) is 4.22. The summed E-state index contributed by atoms with van der Waals surface area (Å²) in [4.78, 5) is 12.4. The molecule has 1 aliphatic rings. The Morgan fingerprint density at radius 3 is 2.85 bits per heavy atom. The van der Waals surface area contributed by atoms with E-state index in [-0.39, 0.29) is 29.7 Å². The van der Waals surface area contributed by atoms with Crippen LogP contribution in [0, 0.1) is 0 Å². The molecule has 0 unspecified atom stereocenters. The molecule has 146 valence electrons. The topological polar surface area (TPSA) is 79.0 Å². The number of aromatic nitrogens is 2. The lowest BCUT2D eigenvalue weighted by atomic mass is 10.1. The second-order valence-electron chi connectivity index (χ2n) is 6.62. The highest BCUT2D eigenvalue weighted by Gasteiger charge is 2.34. The lowest BCUT2D eigenvalue weighted by Crippen LogP contribution is -2.28. The number of nitrogens with one attached hydrogen (secondary N) is 3. The van der Waals surface area contributed by atoms with Crippen LogP contribution in [0.5, 0.6) is 5.75 Å². The number of benzene rings is 1. The van der Waals surface area contributed by atoms with Crippen molar-refractivity contribution in [3.63, 3.8) is 0 Å². The molecule has 2 aromatic rings. The highest BCUT2D eigenvalue weighted by Crippen LogP contribution is 2.34. The molecule has 2 heterocycles. The van der Waals surface area contributed by atoms with Gasteiger partial charge in [0.25, 0.3) is 5.91 Å². The predicted molar refractivity (Wildman–Crippen MR) is 92.4 cm³/mol. The Morgan fingerprint density at radius 2 is 2.15 bits per heavy atom. The molecule has 0 radical (unpaired) electrons. The Labute approximate surface area is 154 Å². The van der Waals surface area contributed by atoms with Crippen LogP contribution in [0.15, 0.2) is 18.2 Å². The molecule has 0 saturated carbocycles. The number of amides is 1. The van der Waals surface area contributed by atoms with Crippen molar-refractivity contribution in [3.05, 3.63) is 46.3 Å². The highest BCUT2D eigenvalue weighted by molar-refractivity contribution is 5.94. The number of fused-ring (bicyclic) bond motifs is 1. The number of alkyl halides is 3. The number of carbonyl (C=O) groups excluding carboxylic acids is 1. The molecule has 6 nitrogen and oxygen atoms in total. The quantitative estimate of drug-likeness (QED) is 0.743. The minimum atomic E-state index is -4.55. The van der Waals surface area contributed by atoms with Crippen LogP contribution in [0.4, 0.5) is 13.2 Å². The zero-order valence-electron chi connectivity index (χ0n) is 15.0. The molecule has 0 spiro atoms. The van der Waals surface area contributed by atoms with Crippen LogP contribution in [0.1, 0.15) is 46.7 Å². The van der Waals surface area contributed by atoms with Gasteiger partial charge < -0.3 is 15.4 Å². The molecule has 1 amide bonds. The van der Waals surface area contributed by atoms with Gasteiger partial charge >= 0.3 is 6.18 Å². The van der Waals surface area contributed by atoms with Gasteiger partial charge in [0, 0.05) is 37.3 Å². The lowest BCUT2D eigenvalue weighted by molar-refractivity contribution is -0.138. The third kappa shape index (κ3) is 4.41. The first-order valence-corrected chi connectivity index (χ1v) is 8.67. The second kappa shape index (κ2) is 7.59.